The van der Waals surface area contributed by atoms with E-state index in [-0.39, 0.29) is 0 Å². The quantitative estimate of drug-likeness (QED) is 0.479. The molecule has 1 saturated heterocycles. The number of hydrogen-bond acceptors (Lipinski definition) is 1. The first-order chi connectivity index (χ1) is 4.45. The van der Waals surface area contributed by atoms with Crippen LogP contribution in [0.4, 0.5) is 0 Å². The molecule has 1 aliphatic carbocycles. The summed E-state index contributed by atoms with van der Waals surface area (Å²) in [6, 6.07) is 0. The van der Waals surface area contributed by atoms with Crippen LogP contribution in [0.1, 0.15) is 25.7 Å². The number of rotatable bonds is 0. The van der Waals surface area contributed by atoms with Crippen LogP contribution in [-0.2, 0) is 4.74 Å². The second kappa shape index (κ2) is 2.30. The highest BCUT2D eigenvalue weighted by Gasteiger charge is 2.26. The summed E-state index contributed by atoms with van der Waals surface area (Å²) in [5.74, 6) is 2.56. The van der Waals surface area contributed by atoms with Crippen molar-refractivity contribution >= 4 is 0 Å². The molecule has 2 rings (SSSR count). The third kappa shape index (κ3) is 1.11. The molecule has 1 heterocycles. The lowest BCUT2D eigenvalue weighted by Crippen LogP contribution is -2.27. The van der Waals surface area contributed by atoms with E-state index in [9.17, 15) is 0 Å². The van der Waals surface area contributed by atoms with Crippen molar-refractivity contribution in [2.75, 3.05) is 13.2 Å². The molecule has 1 nitrogen and oxygen atoms in total. The van der Waals surface area contributed by atoms with Gasteiger partial charge < -0.3 is 4.74 Å². The van der Waals surface area contributed by atoms with Crippen LogP contribution in [-0.4, -0.2) is 13.2 Å². The van der Waals surface area contributed by atoms with Gasteiger partial charge in [0.2, 0.25) is 0 Å². The Labute approximate surface area is 56.4 Å². The van der Waals surface area contributed by atoms with Crippen LogP contribution in [0, 0.1) is 11.8 Å². The molecular formula is C8H13O. The van der Waals surface area contributed by atoms with Crippen LogP contribution >= 0.6 is 0 Å². The predicted octanol–water partition coefficient (Wildman–Crippen LogP) is 1.78. The Balaban J connectivity index is 1.96. The molecule has 0 N–H and O–H groups in total. The third-order valence-electron chi connectivity index (χ3n) is 2.38. The SMILES string of the molecule is C1C[C]2COCC(C1)C2. The maximum absolute atomic E-state index is 5.40. The zero-order valence-corrected chi connectivity index (χ0v) is 5.73. The van der Waals surface area contributed by atoms with Gasteiger partial charge in [-0.15, -0.1) is 0 Å². The van der Waals surface area contributed by atoms with E-state index in [1.807, 2.05) is 0 Å². The van der Waals surface area contributed by atoms with Crippen molar-refractivity contribution in [2.24, 2.45) is 5.92 Å². The van der Waals surface area contributed by atoms with E-state index >= 15 is 0 Å². The lowest BCUT2D eigenvalue weighted by atomic mass is 9.81. The highest BCUT2D eigenvalue weighted by Crippen LogP contribution is 2.34. The Morgan fingerprint density at radius 1 is 1.44 bits per heavy atom. The molecule has 0 aromatic carbocycles. The van der Waals surface area contributed by atoms with Crippen molar-refractivity contribution in [3.8, 4) is 0 Å². The van der Waals surface area contributed by atoms with E-state index in [0.29, 0.717) is 0 Å². The number of fused-ring (bicyclic) bond motifs is 2. The summed E-state index contributed by atoms with van der Waals surface area (Å²) < 4.78 is 5.40. The maximum Gasteiger partial charge on any atom is 0.0528 e. The van der Waals surface area contributed by atoms with Gasteiger partial charge in [-0.25, -0.2) is 0 Å². The first-order valence-electron chi connectivity index (χ1n) is 3.86. The normalized spacial score (nSPS) is 36.7. The number of hydrogen-bond donors (Lipinski definition) is 0. The van der Waals surface area contributed by atoms with Crippen molar-refractivity contribution < 1.29 is 4.74 Å². The van der Waals surface area contributed by atoms with Gasteiger partial charge in [0, 0.05) is 12.5 Å². The van der Waals surface area contributed by atoms with Gasteiger partial charge in [-0.1, -0.05) is 6.42 Å². The smallest absolute Gasteiger partial charge is 0.0528 e. The summed E-state index contributed by atoms with van der Waals surface area (Å²) in [6.07, 6.45) is 5.54. The molecule has 2 bridgehead atoms. The minimum absolute atomic E-state index is 0.891. The van der Waals surface area contributed by atoms with Crippen LogP contribution in [0.5, 0.6) is 0 Å². The molecule has 1 saturated carbocycles. The average Bonchev–Trinajstić information content (AvgIpc) is 1.88. The molecule has 0 spiro atoms. The molecule has 1 radical (unpaired) electrons. The monoisotopic (exact) mass is 125 g/mol. The summed E-state index contributed by atoms with van der Waals surface area (Å²) in [4.78, 5) is 0. The molecular weight excluding hydrogens is 112 g/mol. The molecule has 0 aromatic rings. The van der Waals surface area contributed by atoms with Crippen molar-refractivity contribution in [2.45, 2.75) is 25.7 Å². The van der Waals surface area contributed by atoms with Gasteiger partial charge in [0.05, 0.1) is 6.61 Å². The van der Waals surface area contributed by atoms with Crippen molar-refractivity contribution in [3.63, 3.8) is 0 Å². The second-order valence-electron chi connectivity index (χ2n) is 3.23. The Bertz CT molecular complexity index is 80.7. The van der Waals surface area contributed by atoms with Crippen LogP contribution in [0.25, 0.3) is 0 Å². The van der Waals surface area contributed by atoms with Gasteiger partial charge in [0.1, 0.15) is 0 Å². The molecule has 1 heteroatoms. The Hall–Kier alpha value is -0.0400. The Kier molecular flexibility index (Phi) is 1.46. The molecule has 1 unspecified atom stereocenters. The molecule has 0 aromatic heterocycles. The summed E-state index contributed by atoms with van der Waals surface area (Å²) >= 11 is 0. The minimum Gasteiger partial charge on any atom is -0.381 e. The summed E-state index contributed by atoms with van der Waals surface area (Å²) in [6.45, 7) is 2.00. The van der Waals surface area contributed by atoms with E-state index in [0.717, 1.165) is 19.1 Å². The van der Waals surface area contributed by atoms with Gasteiger partial charge in [0.25, 0.3) is 0 Å². The Morgan fingerprint density at radius 3 is 3.22 bits per heavy atom. The molecule has 1 atom stereocenters. The lowest BCUT2D eigenvalue weighted by Gasteiger charge is -2.33. The molecule has 9 heavy (non-hydrogen) atoms. The van der Waals surface area contributed by atoms with Crippen molar-refractivity contribution in [1.29, 1.82) is 0 Å². The van der Waals surface area contributed by atoms with Gasteiger partial charge in [-0.05, 0) is 25.2 Å². The van der Waals surface area contributed by atoms with Crippen LogP contribution in [0.3, 0.4) is 0 Å². The maximum atomic E-state index is 5.40. The molecule has 2 aliphatic rings. The van der Waals surface area contributed by atoms with Crippen LogP contribution < -0.4 is 0 Å². The van der Waals surface area contributed by atoms with Crippen LogP contribution in [0.15, 0.2) is 0 Å². The summed E-state index contributed by atoms with van der Waals surface area (Å²) in [5.41, 5.74) is 0. The van der Waals surface area contributed by atoms with Crippen LogP contribution in [0.2, 0.25) is 0 Å². The summed E-state index contributed by atoms with van der Waals surface area (Å²) in [5, 5.41) is 0. The average molecular weight is 125 g/mol. The fraction of sp³-hybridized carbons (Fsp3) is 0.875. The fourth-order valence-electron chi connectivity index (χ4n) is 1.90. The second-order valence-corrected chi connectivity index (χ2v) is 3.23. The molecule has 2 fully saturated rings. The molecule has 51 valence electrons. The first kappa shape index (κ1) is 5.72. The first-order valence-corrected chi connectivity index (χ1v) is 3.86. The lowest BCUT2D eigenvalue weighted by molar-refractivity contribution is 0.0483. The third-order valence-corrected chi connectivity index (χ3v) is 2.38. The zero-order valence-electron chi connectivity index (χ0n) is 5.73. The van der Waals surface area contributed by atoms with Gasteiger partial charge in [-0.3, -0.25) is 0 Å². The standard InChI is InChI=1S/C8H13O/c1-2-7-4-8(3-1)6-9-5-7/h7H,1-6H2. The Morgan fingerprint density at radius 2 is 2.44 bits per heavy atom. The summed E-state index contributed by atoms with van der Waals surface area (Å²) in [7, 11) is 0. The van der Waals surface area contributed by atoms with E-state index in [2.05, 4.69) is 0 Å². The van der Waals surface area contributed by atoms with E-state index < -0.39 is 0 Å². The highest BCUT2D eigenvalue weighted by molar-refractivity contribution is 4.97. The predicted molar refractivity (Wildman–Crippen MR) is 36.0 cm³/mol. The van der Waals surface area contributed by atoms with Crippen molar-refractivity contribution in [1.82, 2.24) is 0 Å². The van der Waals surface area contributed by atoms with Gasteiger partial charge >= 0.3 is 0 Å². The number of ether oxygens (including phenoxy) is 1. The minimum atomic E-state index is 0.891. The zero-order chi connectivity index (χ0) is 6.10. The molecule has 0 amide bonds. The molecule has 1 aliphatic heterocycles. The topological polar surface area (TPSA) is 9.23 Å². The fourth-order valence-corrected chi connectivity index (χ4v) is 1.90. The van der Waals surface area contributed by atoms with Gasteiger partial charge in [0.15, 0.2) is 0 Å². The highest BCUT2D eigenvalue weighted by atomic mass is 16.5. The van der Waals surface area contributed by atoms with Crippen molar-refractivity contribution in [3.05, 3.63) is 5.92 Å². The van der Waals surface area contributed by atoms with E-state index in [1.54, 1.807) is 5.92 Å². The largest absolute Gasteiger partial charge is 0.381 e. The van der Waals surface area contributed by atoms with Gasteiger partial charge in [-0.2, -0.15) is 0 Å². The van der Waals surface area contributed by atoms with E-state index in [4.69, 9.17) is 4.74 Å². The van der Waals surface area contributed by atoms with E-state index in [1.165, 1.54) is 25.7 Å².